The Bertz CT molecular complexity index is 559. The van der Waals surface area contributed by atoms with Gasteiger partial charge in [0.25, 0.3) is 0 Å². The summed E-state index contributed by atoms with van der Waals surface area (Å²) in [6, 6.07) is 12.1. The van der Waals surface area contributed by atoms with E-state index in [4.69, 9.17) is 9.78 Å². The molecule has 1 aliphatic rings. The highest BCUT2D eigenvalue weighted by molar-refractivity contribution is 5.59. The number of nitrogens with zero attached hydrogens (tertiary/aromatic N) is 2. The number of aromatic nitrogens is 1. The largest absolute Gasteiger partial charge is 0.360 e. The zero-order chi connectivity index (χ0) is 11.7. The van der Waals surface area contributed by atoms with E-state index in [1.807, 2.05) is 30.3 Å². The molecule has 0 spiro atoms. The predicted molar refractivity (Wildman–Crippen MR) is 63.2 cm³/mol. The third-order valence-electron chi connectivity index (χ3n) is 3.04. The predicted octanol–water partition coefficient (Wildman–Crippen LogP) is 3.29. The van der Waals surface area contributed by atoms with Gasteiger partial charge in [-0.2, -0.15) is 5.26 Å². The highest BCUT2D eigenvalue weighted by Gasteiger charge is 2.27. The van der Waals surface area contributed by atoms with Gasteiger partial charge in [0.15, 0.2) is 0 Å². The van der Waals surface area contributed by atoms with E-state index in [-0.39, 0.29) is 0 Å². The first-order valence-electron chi connectivity index (χ1n) is 5.79. The molecule has 0 saturated heterocycles. The maximum atomic E-state index is 8.60. The van der Waals surface area contributed by atoms with Gasteiger partial charge in [-0.15, -0.1) is 0 Å². The van der Waals surface area contributed by atoms with Crippen molar-refractivity contribution in [3.63, 3.8) is 0 Å². The van der Waals surface area contributed by atoms with E-state index in [1.165, 1.54) is 12.8 Å². The van der Waals surface area contributed by atoms with Crippen LogP contribution in [-0.4, -0.2) is 5.16 Å². The molecule has 1 aromatic heterocycles. The van der Waals surface area contributed by atoms with E-state index < -0.39 is 0 Å². The van der Waals surface area contributed by atoms with Gasteiger partial charge < -0.3 is 4.52 Å². The summed E-state index contributed by atoms with van der Waals surface area (Å²) in [6.07, 6.45) is 2.89. The van der Waals surface area contributed by atoms with Gasteiger partial charge in [0.1, 0.15) is 11.5 Å². The van der Waals surface area contributed by atoms with Crippen molar-refractivity contribution in [3.8, 4) is 17.3 Å². The van der Waals surface area contributed by atoms with Crippen LogP contribution in [-0.2, 0) is 6.42 Å². The molecule has 3 rings (SSSR count). The summed E-state index contributed by atoms with van der Waals surface area (Å²) in [6.45, 7) is 0. The normalized spacial score (nSPS) is 14.5. The van der Waals surface area contributed by atoms with Crippen LogP contribution in [0.4, 0.5) is 0 Å². The van der Waals surface area contributed by atoms with Crippen molar-refractivity contribution in [2.45, 2.75) is 25.2 Å². The van der Waals surface area contributed by atoms with E-state index in [0.717, 1.165) is 22.6 Å². The minimum absolute atomic E-state index is 0.451. The Hall–Kier alpha value is -2.08. The number of benzene rings is 1. The molecule has 0 unspecified atom stereocenters. The van der Waals surface area contributed by atoms with E-state index in [0.29, 0.717) is 12.3 Å². The molecule has 0 aliphatic heterocycles. The molecule has 1 aromatic carbocycles. The zero-order valence-corrected chi connectivity index (χ0v) is 9.39. The van der Waals surface area contributed by atoms with Gasteiger partial charge in [-0.25, -0.2) is 0 Å². The Morgan fingerprint density at radius 1 is 1.29 bits per heavy atom. The molecule has 1 fully saturated rings. The van der Waals surface area contributed by atoms with E-state index >= 15 is 0 Å². The minimum atomic E-state index is 0.451. The van der Waals surface area contributed by atoms with Gasteiger partial charge in [0, 0.05) is 17.5 Å². The maximum absolute atomic E-state index is 8.60. The molecule has 1 heterocycles. The lowest BCUT2D eigenvalue weighted by atomic mass is 10.1. The summed E-state index contributed by atoms with van der Waals surface area (Å²) in [4.78, 5) is 0. The van der Waals surface area contributed by atoms with Gasteiger partial charge in [-0.05, 0) is 18.4 Å². The van der Waals surface area contributed by atoms with Crippen molar-refractivity contribution >= 4 is 0 Å². The Labute approximate surface area is 99.7 Å². The van der Waals surface area contributed by atoms with Gasteiger partial charge in [-0.1, -0.05) is 29.4 Å². The van der Waals surface area contributed by atoms with Crippen molar-refractivity contribution in [3.05, 3.63) is 41.7 Å². The molecule has 0 atom stereocenters. The van der Waals surface area contributed by atoms with Crippen LogP contribution in [0.1, 0.15) is 30.1 Å². The quantitative estimate of drug-likeness (QED) is 0.803. The van der Waals surface area contributed by atoms with Crippen LogP contribution in [0.3, 0.4) is 0 Å². The van der Waals surface area contributed by atoms with Gasteiger partial charge in [0.05, 0.1) is 12.5 Å². The number of hydrogen-bond acceptors (Lipinski definition) is 3. The van der Waals surface area contributed by atoms with Gasteiger partial charge in [0.2, 0.25) is 0 Å². The number of hydrogen-bond donors (Lipinski definition) is 0. The summed E-state index contributed by atoms with van der Waals surface area (Å²) in [5, 5.41) is 12.7. The standard InChI is InChI=1S/C14H12N2O/c15-8-7-10-1-3-11(4-2-10)13-9-14(17-16-13)12-5-6-12/h1-4,9,12H,5-7H2. The molecule has 17 heavy (non-hydrogen) atoms. The van der Waals surface area contributed by atoms with Crippen molar-refractivity contribution in [1.82, 2.24) is 5.16 Å². The molecule has 1 saturated carbocycles. The summed E-state index contributed by atoms with van der Waals surface area (Å²) < 4.78 is 5.32. The maximum Gasteiger partial charge on any atom is 0.140 e. The van der Waals surface area contributed by atoms with Gasteiger partial charge in [-0.3, -0.25) is 0 Å². The molecule has 84 valence electrons. The van der Waals surface area contributed by atoms with Crippen LogP contribution < -0.4 is 0 Å². The van der Waals surface area contributed by atoms with Crippen molar-refractivity contribution in [2.24, 2.45) is 0 Å². The lowest BCUT2D eigenvalue weighted by Gasteiger charge is -1.97. The fourth-order valence-corrected chi connectivity index (χ4v) is 1.87. The second kappa shape index (κ2) is 4.06. The topological polar surface area (TPSA) is 49.8 Å². The van der Waals surface area contributed by atoms with Crippen LogP contribution >= 0.6 is 0 Å². The molecular weight excluding hydrogens is 212 g/mol. The Kier molecular flexibility index (Phi) is 2.41. The van der Waals surface area contributed by atoms with E-state index in [9.17, 15) is 0 Å². The van der Waals surface area contributed by atoms with Crippen LogP contribution in [0, 0.1) is 11.3 Å². The number of rotatable bonds is 3. The SMILES string of the molecule is N#CCc1ccc(-c2cc(C3CC3)on2)cc1. The van der Waals surface area contributed by atoms with Crippen molar-refractivity contribution in [2.75, 3.05) is 0 Å². The first-order valence-corrected chi connectivity index (χ1v) is 5.79. The van der Waals surface area contributed by atoms with Crippen LogP contribution in [0.2, 0.25) is 0 Å². The second-order valence-electron chi connectivity index (χ2n) is 4.42. The fourth-order valence-electron chi connectivity index (χ4n) is 1.87. The van der Waals surface area contributed by atoms with Crippen molar-refractivity contribution in [1.29, 1.82) is 5.26 Å². The summed E-state index contributed by atoms with van der Waals surface area (Å²) >= 11 is 0. The minimum Gasteiger partial charge on any atom is -0.360 e. The second-order valence-corrected chi connectivity index (χ2v) is 4.42. The van der Waals surface area contributed by atoms with E-state index in [2.05, 4.69) is 11.2 Å². The molecule has 2 aromatic rings. The Morgan fingerprint density at radius 2 is 2.06 bits per heavy atom. The van der Waals surface area contributed by atoms with Crippen LogP contribution in [0.15, 0.2) is 34.9 Å². The average Bonchev–Trinajstić information content (AvgIpc) is 3.09. The first-order chi connectivity index (χ1) is 8.36. The summed E-state index contributed by atoms with van der Waals surface area (Å²) in [5.41, 5.74) is 2.96. The molecule has 0 bridgehead atoms. The molecule has 0 radical (unpaired) electrons. The van der Waals surface area contributed by atoms with Crippen LogP contribution in [0.25, 0.3) is 11.3 Å². The molecule has 0 N–H and O–H groups in total. The Morgan fingerprint density at radius 3 is 2.71 bits per heavy atom. The molecule has 3 nitrogen and oxygen atoms in total. The van der Waals surface area contributed by atoms with E-state index in [1.54, 1.807) is 0 Å². The highest BCUT2D eigenvalue weighted by Crippen LogP contribution is 2.41. The molecule has 1 aliphatic carbocycles. The summed E-state index contributed by atoms with van der Waals surface area (Å²) in [7, 11) is 0. The lowest BCUT2D eigenvalue weighted by Crippen LogP contribution is -1.82. The van der Waals surface area contributed by atoms with Crippen molar-refractivity contribution < 1.29 is 4.52 Å². The Balaban J connectivity index is 1.84. The lowest BCUT2D eigenvalue weighted by molar-refractivity contribution is 0.386. The fraction of sp³-hybridized carbons (Fsp3) is 0.286. The van der Waals surface area contributed by atoms with Crippen LogP contribution in [0.5, 0.6) is 0 Å². The average molecular weight is 224 g/mol. The molecule has 3 heteroatoms. The number of nitriles is 1. The monoisotopic (exact) mass is 224 g/mol. The molecule has 0 amide bonds. The third-order valence-corrected chi connectivity index (χ3v) is 3.04. The zero-order valence-electron chi connectivity index (χ0n) is 9.39. The summed E-state index contributed by atoms with van der Waals surface area (Å²) in [5.74, 6) is 1.59. The van der Waals surface area contributed by atoms with Gasteiger partial charge >= 0.3 is 0 Å². The highest BCUT2D eigenvalue weighted by atomic mass is 16.5. The third kappa shape index (κ3) is 2.07. The first kappa shape index (κ1) is 10.1. The smallest absolute Gasteiger partial charge is 0.140 e. The molecular formula is C14H12N2O.